The molecule has 21 nitrogen and oxygen atoms in total. The van der Waals surface area contributed by atoms with Crippen molar-refractivity contribution in [3.05, 3.63) is 184 Å². The van der Waals surface area contributed by atoms with Crippen molar-refractivity contribution in [2.45, 2.75) is 163 Å². The molecule has 105 heavy (non-hydrogen) atoms. The molecule has 538 valence electrons. The average Bonchev–Trinajstić information content (AvgIpc) is 1.69. The van der Waals surface area contributed by atoms with Crippen molar-refractivity contribution in [1.29, 1.82) is 0 Å². The molecule has 0 saturated heterocycles. The van der Waals surface area contributed by atoms with Crippen molar-refractivity contribution in [1.82, 2.24) is 4.98 Å². The van der Waals surface area contributed by atoms with Crippen LogP contribution in [0.25, 0.3) is 11.1 Å². The third kappa shape index (κ3) is 13.7. The van der Waals surface area contributed by atoms with Crippen molar-refractivity contribution in [3.8, 4) is 91.6 Å². The Morgan fingerprint density at radius 2 is 0.495 bits per heavy atom. The maximum absolute atomic E-state index is 13.6. The number of carbonyl (C=O) groups is 6. The largest absolute Gasteiger partial charge is 0.453 e. The van der Waals surface area contributed by atoms with Gasteiger partial charge in [-0.15, -0.1) is 0 Å². The second-order valence-corrected chi connectivity index (χ2v) is 26.5. The van der Waals surface area contributed by atoms with E-state index in [0.29, 0.717) is 77.2 Å². The Morgan fingerprint density at radius 1 is 0.276 bits per heavy atom. The van der Waals surface area contributed by atoms with Gasteiger partial charge < -0.3 is 69.8 Å². The van der Waals surface area contributed by atoms with Crippen LogP contribution in [-0.4, -0.2) is 40.4 Å². The number of aromatic nitrogens is 1. The summed E-state index contributed by atoms with van der Waals surface area (Å²) >= 11 is 0. The van der Waals surface area contributed by atoms with Gasteiger partial charge in [0.2, 0.25) is 35.4 Å². The van der Waals surface area contributed by atoms with Crippen LogP contribution in [0.15, 0.2) is 134 Å². The summed E-state index contributed by atoms with van der Waals surface area (Å²) in [7, 11) is 0. The molecule has 0 spiro atoms. The SMILES string of the molecule is CCC(=O)Nc1cc2c(cc1NC(=O)CC)Oc1cc3c4cc1C(CC)c1cc5c(cc1O2)Oc1cc(NC(=O)CC)c(NC(=O)CC)cc1Oc1cc2c(cc1C5CC)C(CC)c1cc(c(cc1OC(c1ccc(-c5ccncc5)cc1)O2)Oc1cc(NC(=O)CC)c(NC(=O)CC)cc1O3)C4CC. The fourth-order valence-electron chi connectivity index (χ4n) is 14.4. The van der Waals surface area contributed by atoms with Crippen molar-refractivity contribution in [2.75, 3.05) is 31.9 Å². The minimum Gasteiger partial charge on any atom is -0.453 e. The highest BCUT2D eigenvalue weighted by molar-refractivity contribution is 6.03. The first-order valence-electron chi connectivity index (χ1n) is 36.4. The molecule has 5 heterocycles. The molecule has 1 aliphatic carbocycles. The molecule has 8 aromatic carbocycles. The van der Waals surface area contributed by atoms with E-state index < -0.39 is 30.0 Å². The summed E-state index contributed by atoms with van der Waals surface area (Å²) in [5.74, 6) is 0.294. The van der Waals surface area contributed by atoms with E-state index in [1.807, 2.05) is 60.7 Å². The predicted molar refractivity (Wildman–Crippen MR) is 401 cm³/mol. The maximum atomic E-state index is 13.6. The normalized spacial score (nSPS) is 16.5. The van der Waals surface area contributed by atoms with Crippen LogP contribution in [-0.2, 0) is 28.8 Å². The smallest absolute Gasteiger partial charge is 0.267 e. The predicted octanol–water partition coefficient (Wildman–Crippen LogP) is 20.5. The van der Waals surface area contributed by atoms with Gasteiger partial charge in [-0.25, -0.2) is 0 Å². The number of anilines is 6. The van der Waals surface area contributed by atoms with E-state index in [1.54, 1.807) is 90.3 Å². The molecule has 21 heteroatoms. The third-order valence-electron chi connectivity index (χ3n) is 20.0. The van der Waals surface area contributed by atoms with E-state index >= 15 is 0 Å². The summed E-state index contributed by atoms with van der Waals surface area (Å²) in [4.78, 5) is 85.5. The Hall–Kier alpha value is -11.9. The summed E-state index contributed by atoms with van der Waals surface area (Å²) in [6, 6.07) is 38.0. The molecule has 0 fully saturated rings. The number of hydrogen-bond acceptors (Lipinski definition) is 15. The van der Waals surface area contributed by atoms with Gasteiger partial charge in [0.25, 0.3) is 6.29 Å². The Kier molecular flexibility index (Phi) is 19.7. The van der Waals surface area contributed by atoms with Gasteiger partial charge in [-0.3, -0.25) is 33.8 Å². The van der Waals surface area contributed by atoms with Crippen LogP contribution in [0.2, 0.25) is 0 Å². The number of hydrogen-bond donors (Lipinski definition) is 6. The Labute approximate surface area is 609 Å². The number of amides is 6. The van der Waals surface area contributed by atoms with Gasteiger partial charge in [-0.05, 0) is 73.2 Å². The number of carbonyl (C=O) groups excluding carboxylic acids is 6. The molecule has 6 amide bonds. The number of benzene rings is 8. The molecule has 9 aromatic rings. The average molecular weight is 1410 g/mol. The number of nitrogens with zero attached hydrogens (tertiary/aromatic N) is 1. The number of nitrogens with one attached hydrogen (secondary N) is 6. The van der Waals surface area contributed by atoms with Gasteiger partial charge >= 0.3 is 0 Å². The first-order chi connectivity index (χ1) is 50.9. The first-order valence-corrected chi connectivity index (χ1v) is 36.4. The monoisotopic (exact) mass is 1410 g/mol. The number of rotatable bonds is 18. The highest BCUT2D eigenvalue weighted by atomic mass is 16.7. The highest BCUT2D eigenvalue weighted by Gasteiger charge is 2.40. The highest BCUT2D eigenvalue weighted by Crippen LogP contribution is 2.60. The topological polar surface area (TPSA) is 261 Å². The Bertz CT molecular complexity index is 4730. The summed E-state index contributed by atoms with van der Waals surface area (Å²) in [5, 5.41) is 18.0. The molecule has 5 aliphatic rings. The van der Waals surface area contributed by atoms with Crippen molar-refractivity contribution in [3.63, 3.8) is 0 Å². The third-order valence-corrected chi connectivity index (χ3v) is 20.0. The van der Waals surface area contributed by atoms with E-state index in [2.05, 4.69) is 88.8 Å². The molecule has 2 unspecified atom stereocenters. The van der Waals surface area contributed by atoms with Crippen LogP contribution in [0.5, 0.6) is 80.5 Å². The van der Waals surface area contributed by atoms with Gasteiger partial charge in [0, 0.05) is 185 Å². The minimum absolute atomic E-state index is 0.120. The van der Waals surface area contributed by atoms with Crippen molar-refractivity contribution < 1.29 is 66.7 Å². The summed E-state index contributed by atoms with van der Waals surface area (Å²) in [5.41, 5.74) is 10.3. The quantitative estimate of drug-likeness (QED) is 0.0467. The fourth-order valence-corrected chi connectivity index (χ4v) is 14.4. The molecule has 0 saturated carbocycles. The van der Waals surface area contributed by atoms with E-state index in [4.69, 9.17) is 37.9 Å². The Morgan fingerprint density at radius 3 is 0.724 bits per heavy atom. The molecule has 2 atom stereocenters. The summed E-state index contributed by atoms with van der Waals surface area (Å²) in [6.07, 6.45) is 5.16. The van der Waals surface area contributed by atoms with Crippen LogP contribution in [0.1, 0.15) is 213 Å². The molecule has 1 aromatic heterocycles. The van der Waals surface area contributed by atoms with Gasteiger partial charge in [0.1, 0.15) is 46.0 Å². The minimum atomic E-state index is -1.12. The Balaban J connectivity index is 1.13. The second kappa shape index (κ2) is 29.5. The van der Waals surface area contributed by atoms with Crippen LogP contribution in [0.3, 0.4) is 0 Å². The van der Waals surface area contributed by atoms with Crippen LogP contribution in [0, 0.1) is 0 Å². The number of fused-ring (bicyclic) bond motifs is 3. The lowest BCUT2D eigenvalue weighted by Crippen LogP contribution is -2.21. The molecule has 14 rings (SSSR count). The van der Waals surface area contributed by atoms with E-state index in [1.165, 1.54) is 0 Å². The van der Waals surface area contributed by atoms with Crippen LogP contribution < -0.4 is 69.8 Å². The summed E-state index contributed by atoms with van der Waals surface area (Å²) < 4.78 is 59.2. The first kappa shape index (κ1) is 70.2. The zero-order chi connectivity index (χ0) is 73.5. The molecule has 4 aliphatic heterocycles. The lowest BCUT2D eigenvalue weighted by molar-refractivity contribution is -0.116. The van der Waals surface area contributed by atoms with Gasteiger partial charge in [0.05, 0.1) is 34.1 Å². The van der Waals surface area contributed by atoms with Crippen molar-refractivity contribution >= 4 is 69.6 Å². The number of ether oxygens (including phenoxy) is 8. The van der Waals surface area contributed by atoms with Gasteiger partial charge in [-0.1, -0.05) is 93.5 Å². The van der Waals surface area contributed by atoms with Gasteiger partial charge in [0.15, 0.2) is 34.5 Å². The van der Waals surface area contributed by atoms with E-state index in [0.717, 1.165) is 55.6 Å². The molecule has 0 radical (unpaired) electrons. The molecular formula is C84H83N7O14. The maximum Gasteiger partial charge on any atom is 0.267 e. The standard InChI is InChI=1S/C84H83N7O14/c1-11-46-50-29-52-47(12-2)54-31-56-49(14-4)57-32-55-48(13-3)53-30-51(46)65-40-67(53)101-75-36-61(89-81(95)18-8)63(91-83(97)20-10)38-77(75)103-69(55)42-71(57)105-84(45-23-21-43(22-24-45)44-25-27-85-28-26-44)104-70(56)41-68(54)102-76-37-62(90-82(96)19-9)60(88-80(94)17-7)35-74(76)100-66(52)39-64(50)98-72-33-58(86-78(92)15-5)59(34-73(72)99-65)87-79(93)16-6/h21-42,46-49,84H,11-20H2,1-10H3,(H,86,92)(H,87,93)(H,88,94)(H,89,95)(H,90,96)(H,91,97). The summed E-state index contributed by atoms with van der Waals surface area (Å²) in [6.45, 7) is 18.9. The number of pyridine rings is 1. The molecule has 6 N–H and O–H groups in total. The lowest BCUT2D eigenvalue weighted by Gasteiger charge is -2.33. The zero-order valence-corrected chi connectivity index (χ0v) is 60.3. The fraction of sp³-hybridized carbons (Fsp3) is 0.298. The van der Waals surface area contributed by atoms with Crippen molar-refractivity contribution in [2.24, 2.45) is 0 Å². The van der Waals surface area contributed by atoms with Crippen LogP contribution >= 0.6 is 0 Å². The van der Waals surface area contributed by atoms with E-state index in [9.17, 15) is 28.8 Å². The second-order valence-electron chi connectivity index (χ2n) is 26.5. The van der Waals surface area contributed by atoms with Gasteiger partial charge in [-0.2, -0.15) is 0 Å². The lowest BCUT2D eigenvalue weighted by atomic mass is 9.77. The van der Waals surface area contributed by atoms with Crippen LogP contribution in [0.4, 0.5) is 34.1 Å². The zero-order valence-electron chi connectivity index (χ0n) is 60.3. The van der Waals surface area contributed by atoms with E-state index in [-0.39, 0.29) is 143 Å². The molecule has 8 bridgehead atoms. The molecular weight excluding hydrogens is 1330 g/mol.